The maximum Gasteiger partial charge on any atom is 0.142 e. The van der Waals surface area contributed by atoms with E-state index in [1.54, 1.807) is 21.9 Å². The minimum absolute atomic E-state index is 0.534. The Kier molecular flexibility index (Phi) is 3.63. The number of para-hydroxylation sites is 3. The summed E-state index contributed by atoms with van der Waals surface area (Å²) in [7, 11) is 0. The summed E-state index contributed by atoms with van der Waals surface area (Å²) in [6, 6.07) is 17.6. The Hall–Kier alpha value is -2.92. The van der Waals surface area contributed by atoms with Crippen LogP contribution in [-0.2, 0) is 0 Å². The Balaban J connectivity index is 1.74. The van der Waals surface area contributed by atoms with Gasteiger partial charge in [-0.05, 0) is 31.2 Å². The third-order valence-electron chi connectivity index (χ3n) is 3.79. The van der Waals surface area contributed by atoms with E-state index in [0.717, 1.165) is 28.0 Å². The quantitative estimate of drug-likeness (QED) is 0.530. The monoisotopic (exact) mass is 335 g/mol. The molecule has 2 aromatic heterocycles. The van der Waals surface area contributed by atoms with Crippen LogP contribution in [0.1, 0.15) is 11.3 Å². The number of fused-ring (bicyclic) bond motifs is 1. The Morgan fingerprint density at radius 3 is 2.62 bits per heavy atom. The van der Waals surface area contributed by atoms with Crippen molar-refractivity contribution in [1.29, 1.82) is 0 Å². The Labute approximate surface area is 143 Å². The molecular formula is C18H14ClN5. The van der Waals surface area contributed by atoms with E-state index < -0.39 is 0 Å². The summed E-state index contributed by atoms with van der Waals surface area (Å²) in [5, 5.41) is 9.53. The maximum atomic E-state index is 6.51. The molecule has 24 heavy (non-hydrogen) atoms. The van der Waals surface area contributed by atoms with Gasteiger partial charge in [0.1, 0.15) is 11.5 Å². The van der Waals surface area contributed by atoms with Crippen molar-refractivity contribution in [2.45, 2.75) is 6.92 Å². The summed E-state index contributed by atoms with van der Waals surface area (Å²) < 4.78 is 3.44. The molecule has 0 amide bonds. The average Bonchev–Trinajstić information content (AvgIpc) is 3.15. The maximum absolute atomic E-state index is 6.51. The van der Waals surface area contributed by atoms with E-state index in [1.165, 1.54) is 0 Å². The Bertz CT molecular complexity index is 1030. The molecule has 0 saturated heterocycles. The number of benzene rings is 2. The highest BCUT2D eigenvalue weighted by Crippen LogP contribution is 2.22. The molecule has 0 aliphatic heterocycles. The van der Waals surface area contributed by atoms with Crippen LogP contribution in [0.2, 0.25) is 5.15 Å². The summed E-state index contributed by atoms with van der Waals surface area (Å²) >= 11 is 6.51. The van der Waals surface area contributed by atoms with E-state index >= 15 is 0 Å². The van der Waals surface area contributed by atoms with Gasteiger partial charge in [0, 0.05) is 0 Å². The molecule has 0 unspecified atom stereocenters. The van der Waals surface area contributed by atoms with Crippen LogP contribution >= 0.6 is 11.6 Å². The van der Waals surface area contributed by atoms with Gasteiger partial charge in [-0.2, -0.15) is 10.2 Å². The van der Waals surface area contributed by atoms with Crippen molar-refractivity contribution in [2.75, 3.05) is 0 Å². The van der Waals surface area contributed by atoms with Crippen molar-refractivity contribution in [3.63, 3.8) is 0 Å². The predicted molar refractivity (Wildman–Crippen MR) is 96.0 cm³/mol. The van der Waals surface area contributed by atoms with Gasteiger partial charge in [0.25, 0.3) is 0 Å². The van der Waals surface area contributed by atoms with Crippen molar-refractivity contribution < 1.29 is 0 Å². The molecule has 0 saturated carbocycles. The molecule has 4 rings (SSSR count). The lowest BCUT2D eigenvalue weighted by molar-refractivity contribution is 0.863. The van der Waals surface area contributed by atoms with Crippen LogP contribution in [0.4, 0.5) is 0 Å². The molecule has 0 radical (unpaired) electrons. The molecular weight excluding hydrogens is 322 g/mol. The molecule has 0 aliphatic carbocycles. The SMILES string of the molecule is Cc1nn(-c2ccccc2)c(Cl)c1C=Nn1cnc2ccccc21. The molecule has 2 aromatic carbocycles. The summed E-state index contributed by atoms with van der Waals surface area (Å²) in [5.74, 6) is 0. The highest BCUT2D eigenvalue weighted by atomic mass is 35.5. The fourth-order valence-electron chi connectivity index (χ4n) is 2.56. The van der Waals surface area contributed by atoms with E-state index in [9.17, 15) is 0 Å². The van der Waals surface area contributed by atoms with Gasteiger partial charge in [0.2, 0.25) is 0 Å². The first-order chi connectivity index (χ1) is 11.7. The van der Waals surface area contributed by atoms with Crippen molar-refractivity contribution in [1.82, 2.24) is 19.4 Å². The normalized spacial score (nSPS) is 11.6. The standard InChI is InChI=1S/C18H14ClN5/c1-13-15(18(19)24(22-13)14-7-3-2-4-8-14)11-21-23-12-20-16-9-5-6-10-17(16)23/h2-12H,1H3. The smallest absolute Gasteiger partial charge is 0.142 e. The molecule has 0 bridgehead atoms. The van der Waals surface area contributed by atoms with Crippen LogP contribution in [0.15, 0.2) is 66.0 Å². The fraction of sp³-hybridized carbons (Fsp3) is 0.0556. The van der Waals surface area contributed by atoms with Gasteiger partial charge in [-0.15, -0.1) is 0 Å². The van der Waals surface area contributed by atoms with Gasteiger partial charge in [-0.1, -0.05) is 41.9 Å². The van der Waals surface area contributed by atoms with Gasteiger partial charge in [-0.25, -0.2) is 14.3 Å². The molecule has 0 spiro atoms. The van der Waals surface area contributed by atoms with Crippen molar-refractivity contribution >= 4 is 28.8 Å². The summed E-state index contributed by atoms with van der Waals surface area (Å²) in [6.45, 7) is 1.92. The lowest BCUT2D eigenvalue weighted by atomic mass is 10.3. The molecule has 2 heterocycles. The number of imidazole rings is 1. The molecule has 0 aliphatic rings. The first kappa shape index (κ1) is 14.7. The minimum Gasteiger partial charge on any atom is -0.235 e. The topological polar surface area (TPSA) is 48.0 Å². The molecule has 0 fully saturated rings. The van der Waals surface area contributed by atoms with E-state index in [-0.39, 0.29) is 0 Å². The number of aromatic nitrogens is 4. The highest BCUT2D eigenvalue weighted by molar-refractivity contribution is 6.32. The number of nitrogens with zero attached hydrogens (tertiary/aromatic N) is 5. The third-order valence-corrected chi connectivity index (χ3v) is 4.16. The second-order valence-electron chi connectivity index (χ2n) is 5.36. The number of aryl methyl sites for hydroxylation is 1. The second-order valence-corrected chi connectivity index (χ2v) is 5.72. The number of hydrogen-bond donors (Lipinski definition) is 0. The Morgan fingerprint density at radius 2 is 1.79 bits per heavy atom. The number of halogens is 1. The lowest BCUT2D eigenvalue weighted by Crippen LogP contribution is -1.96. The minimum atomic E-state index is 0.534. The van der Waals surface area contributed by atoms with Crippen LogP contribution in [0.5, 0.6) is 0 Å². The summed E-state index contributed by atoms with van der Waals surface area (Å²) in [5.41, 5.74) is 4.36. The van der Waals surface area contributed by atoms with E-state index in [2.05, 4.69) is 15.2 Å². The van der Waals surface area contributed by atoms with Crippen molar-refractivity contribution in [3.8, 4) is 5.69 Å². The van der Waals surface area contributed by atoms with E-state index in [4.69, 9.17) is 11.6 Å². The van der Waals surface area contributed by atoms with Gasteiger partial charge in [0.05, 0.1) is 34.2 Å². The van der Waals surface area contributed by atoms with E-state index in [1.807, 2.05) is 61.5 Å². The molecule has 5 nitrogen and oxygen atoms in total. The molecule has 4 aromatic rings. The van der Waals surface area contributed by atoms with Gasteiger partial charge < -0.3 is 0 Å². The molecule has 0 atom stereocenters. The van der Waals surface area contributed by atoms with Gasteiger partial charge in [0.15, 0.2) is 0 Å². The largest absolute Gasteiger partial charge is 0.235 e. The number of hydrogen-bond acceptors (Lipinski definition) is 3. The average molecular weight is 336 g/mol. The molecule has 0 N–H and O–H groups in total. The first-order valence-corrected chi connectivity index (χ1v) is 7.89. The highest BCUT2D eigenvalue weighted by Gasteiger charge is 2.13. The molecule has 6 heteroatoms. The predicted octanol–water partition coefficient (Wildman–Crippen LogP) is 4.07. The fourth-order valence-corrected chi connectivity index (χ4v) is 2.88. The zero-order valence-corrected chi connectivity index (χ0v) is 13.7. The zero-order valence-electron chi connectivity index (χ0n) is 13.0. The Morgan fingerprint density at radius 1 is 1.04 bits per heavy atom. The third kappa shape index (κ3) is 2.49. The van der Waals surface area contributed by atoms with Crippen molar-refractivity contribution in [3.05, 3.63) is 77.3 Å². The van der Waals surface area contributed by atoms with Crippen LogP contribution in [0, 0.1) is 6.92 Å². The van der Waals surface area contributed by atoms with Gasteiger partial charge in [-0.3, -0.25) is 0 Å². The van der Waals surface area contributed by atoms with Crippen LogP contribution in [-0.4, -0.2) is 25.7 Å². The number of rotatable bonds is 3. The van der Waals surface area contributed by atoms with Gasteiger partial charge >= 0.3 is 0 Å². The first-order valence-electron chi connectivity index (χ1n) is 7.51. The van der Waals surface area contributed by atoms with Crippen LogP contribution < -0.4 is 0 Å². The van der Waals surface area contributed by atoms with Crippen molar-refractivity contribution in [2.24, 2.45) is 5.10 Å². The second kappa shape index (κ2) is 5.94. The zero-order chi connectivity index (χ0) is 16.5. The lowest BCUT2D eigenvalue weighted by Gasteiger charge is -2.01. The summed E-state index contributed by atoms with van der Waals surface area (Å²) in [6.07, 6.45) is 3.41. The van der Waals surface area contributed by atoms with Crippen LogP contribution in [0.25, 0.3) is 16.7 Å². The molecule has 118 valence electrons. The van der Waals surface area contributed by atoms with E-state index in [0.29, 0.717) is 5.15 Å². The summed E-state index contributed by atoms with van der Waals surface area (Å²) in [4.78, 5) is 4.32. The van der Waals surface area contributed by atoms with Crippen LogP contribution in [0.3, 0.4) is 0 Å².